The number of hydrogen-bond donors (Lipinski definition) is 5. The third-order valence-corrected chi connectivity index (χ3v) is 8.39. The summed E-state index contributed by atoms with van der Waals surface area (Å²) in [5, 5.41) is 19.8. The number of rotatable bonds is 7. The number of nitrogens with one attached hydrogen (secondary N) is 1. The van der Waals surface area contributed by atoms with Crippen LogP contribution in [-0.4, -0.2) is 54.0 Å². The second kappa shape index (κ2) is 10.5. The summed E-state index contributed by atoms with van der Waals surface area (Å²) >= 11 is 6.12. The molecule has 0 spiro atoms. The van der Waals surface area contributed by atoms with Crippen molar-refractivity contribution in [2.45, 2.75) is 21.6 Å². The molecule has 1 heterocycles. The number of phenols is 1. The highest BCUT2D eigenvalue weighted by Gasteiger charge is 2.26. The highest BCUT2D eigenvalue weighted by atomic mass is 35.5. The molecular weight excluding hydrogens is 633 g/mol. The third-order valence-electron chi connectivity index (χ3n) is 5.34. The number of hydrogen-bond acceptors (Lipinski definition) is 12. The predicted molar refractivity (Wildman–Crippen MR) is 141 cm³/mol. The number of phenolic OH excluding ortho intramolecular Hbond substituents is 1. The Hall–Kier alpha value is -3.85. The first-order valence-corrected chi connectivity index (χ1v) is 15.3. The normalized spacial score (nSPS) is 12.7. The zero-order valence-corrected chi connectivity index (χ0v) is 23.3. The summed E-state index contributed by atoms with van der Waals surface area (Å²) in [6.45, 7) is 1.32. The van der Waals surface area contributed by atoms with Gasteiger partial charge in [-0.2, -0.15) is 34.6 Å². The van der Waals surface area contributed by atoms with Crippen LogP contribution in [0, 0.1) is 13.0 Å². The maximum absolute atomic E-state index is 13.9. The van der Waals surface area contributed by atoms with Crippen molar-refractivity contribution in [3.63, 3.8) is 0 Å². The lowest BCUT2D eigenvalue weighted by Gasteiger charge is -2.16. The van der Waals surface area contributed by atoms with Gasteiger partial charge < -0.3 is 10.4 Å². The number of anilines is 2. The average molecular weight is 648 g/mol. The third kappa shape index (κ3) is 6.25. The molecular formula is C21H15ClFN5O10S3. The van der Waals surface area contributed by atoms with Gasteiger partial charge in [0.15, 0.2) is 11.6 Å². The van der Waals surface area contributed by atoms with E-state index in [0.29, 0.717) is 6.07 Å². The Balaban J connectivity index is 2.08. The summed E-state index contributed by atoms with van der Waals surface area (Å²) < 4.78 is 114. The van der Waals surface area contributed by atoms with Gasteiger partial charge in [0.25, 0.3) is 30.4 Å². The molecule has 15 nitrogen and oxygen atoms in total. The molecule has 0 aliphatic rings. The zero-order chi connectivity index (χ0) is 30.5. The van der Waals surface area contributed by atoms with Gasteiger partial charge in [0.1, 0.15) is 26.2 Å². The molecule has 41 heavy (non-hydrogen) atoms. The van der Waals surface area contributed by atoms with Gasteiger partial charge in [-0.15, -0.1) is 10.2 Å². The summed E-state index contributed by atoms with van der Waals surface area (Å²) in [4.78, 5) is 4.23. The summed E-state index contributed by atoms with van der Waals surface area (Å²) in [7, 11) is -15.0. The van der Waals surface area contributed by atoms with Crippen molar-refractivity contribution in [1.29, 1.82) is 0 Å². The van der Waals surface area contributed by atoms with Crippen LogP contribution in [0.4, 0.5) is 27.3 Å². The number of aromatic nitrogens is 2. The van der Waals surface area contributed by atoms with Crippen LogP contribution in [0.5, 0.6) is 5.75 Å². The van der Waals surface area contributed by atoms with Gasteiger partial charge in [-0.05, 0) is 42.6 Å². The van der Waals surface area contributed by atoms with Crippen molar-refractivity contribution >= 4 is 75.6 Å². The molecule has 4 aromatic rings. The number of fused-ring (bicyclic) bond motifs is 1. The molecule has 216 valence electrons. The van der Waals surface area contributed by atoms with Gasteiger partial charge in [-0.1, -0.05) is 23.7 Å². The summed E-state index contributed by atoms with van der Waals surface area (Å²) in [5.74, 6) is -1.48. The van der Waals surface area contributed by atoms with Crippen LogP contribution in [0.25, 0.3) is 10.8 Å². The standard InChI is InChI=1S/C21H15ClFN5O10S3/c1-9-17(22)20(26-21(23)24-9)25-13-8-11(39(30,31)32)6-10-7-15(41(36,37)38)18(19(29)16(10)13)28-27-12-4-2-3-5-14(12)40(33,34)35/h2-8,29H,1H3,(H,24,25,26)(H,30,31,32)(H,33,34,35)(H,36,37,38). The molecule has 20 heteroatoms. The van der Waals surface area contributed by atoms with Crippen molar-refractivity contribution in [3.8, 4) is 5.75 Å². The maximum Gasteiger partial charge on any atom is 0.310 e. The molecule has 0 fully saturated rings. The molecule has 0 aliphatic carbocycles. The molecule has 4 rings (SSSR count). The first-order chi connectivity index (χ1) is 18.9. The topological polar surface area (TPSA) is 246 Å². The molecule has 1 aromatic heterocycles. The SMILES string of the molecule is Cc1nc(F)nc(Nc2cc(S(=O)(=O)O)cc3cc(S(=O)(=O)O)c(N=Nc4ccccc4S(=O)(=O)O)c(O)c23)c1Cl. The Morgan fingerprint density at radius 1 is 0.878 bits per heavy atom. The first kappa shape index (κ1) is 30.1. The highest BCUT2D eigenvalue weighted by Crippen LogP contribution is 2.46. The van der Waals surface area contributed by atoms with Crippen molar-refractivity contribution in [2.24, 2.45) is 10.2 Å². The van der Waals surface area contributed by atoms with Crippen molar-refractivity contribution in [1.82, 2.24) is 9.97 Å². The number of aryl methyl sites for hydroxylation is 1. The number of azo groups is 1. The van der Waals surface area contributed by atoms with Gasteiger partial charge in [-0.25, -0.2) is 4.98 Å². The lowest BCUT2D eigenvalue weighted by atomic mass is 10.1. The van der Waals surface area contributed by atoms with Crippen LogP contribution < -0.4 is 5.32 Å². The Kier molecular flexibility index (Phi) is 7.73. The number of halogens is 2. The lowest BCUT2D eigenvalue weighted by molar-refractivity contribution is 0.472. The van der Waals surface area contributed by atoms with Gasteiger partial charge in [0, 0.05) is 5.39 Å². The Bertz CT molecular complexity index is 2110. The largest absolute Gasteiger partial charge is 0.505 e. The maximum atomic E-state index is 13.9. The highest BCUT2D eigenvalue weighted by molar-refractivity contribution is 7.86. The Morgan fingerprint density at radius 3 is 2.12 bits per heavy atom. The van der Waals surface area contributed by atoms with Crippen LogP contribution in [-0.2, 0) is 30.4 Å². The predicted octanol–water partition coefficient (Wildman–Crippen LogP) is 4.34. The number of nitrogens with zero attached hydrogens (tertiary/aromatic N) is 4. The molecule has 0 aliphatic heterocycles. The van der Waals surface area contributed by atoms with Crippen molar-refractivity contribution < 1.29 is 48.4 Å². The van der Waals surface area contributed by atoms with E-state index < -0.39 is 90.5 Å². The number of benzene rings is 3. The van der Waals surface area contributed by atoms with Crippen LogP contribution in [0.3, 0.4) is 0 Å². The van der Waals surface area contributed by atoms with Crippen molar-refractivity contribution in [2.75, 3.05) is 5.32 Å². The average Bonchev–Trinajstić information content (AvgIpc) is 2.84. The zero-order valence-electron chi connectivity index (χ0n) is 20.0. The minimum absolute atomic E-state index is 0.0400. The fourth-order valence-corrected chi connectivity index (χ4v) is 5.55. The fourth-order valence-electron chi connectivity index (χ4n) is 3.60. The molecule has 0 saturated carbocycles. The molecule has 5 N–H and O–H groups in total. The monoisotopic (exact) mass is 647 g/mol. The number of aromatic hydroxyl groups is 1. The van der Waals surface area contributed by atoms with E-state index in [4.69, 9.17) is 11.6 Å². The minimum Gasteiger partial charge on any atom is -0.505 e. The van der Waals surface area contributed by atoms with Crippen LogP contribution in [0.1, 0.15) is 5.69 Å². The van der Waals surface area contributed by atoms with E-state index in [2.05, 4.69) is 25.5 Å². The van der Waals surface area contributed by atoms with Crippen LogP contribution >= 0.6 is 11.6 Å². The minimum atomic E-state index is -5.23. The fraction of sp³-hybridized carbons (Fsp3) is 0.0476. The Morgan fingerprint density at radius 2 is 1.51 bits per heavy atom. The Labute approximate surface area is 235 Å². The van der Waals surface area contributed by atoms with Gasteiger partial charge in [0.05, 0.1) is 16.3 Å². The van der Waals surface area contributed by atoms with Gasteiger partial charge >= 0.3 is 6.08 Å². The molecule has 0 radical (unpaired) electrons. The van der Waals surface area contributed by atoms with E-state index in [1.165, 1.54) is 19.1 Å². The first-order valence-electron chi connectivity index (χ1n) is 10.6. The molecule has 0 unspecified atom stereocenters. The second-order valence-corrected chi connectivity index (χ2v) is 12.7. The van der Waals surface area contributed by atoms with E-state index >= 15 is 0 Å². The lowest BCUT2D eigenvalue weighted by Crippen LogP contribution is -2.05. The smallest absolute Gasteiger partial charge is 0.310 e. The molecule has 0 amide bonds. The van der Waals surface area contributed by atoms with E-state index in [0.717, 1.165) is 24.3 Å². The summed E-state index contributed by atoms with van der Waals surface area (Å²) in [6.07, 6.45) is -1.24. The van der Waals surface area contributed by atoms with Crippen LogP contribution in [0.2, 0.25) is 5.02 Å². The molecule has 3 aromatic carbocycles. The van der Waals surface area contributed by atoms with Gasteiger partial charge in [0.2, 0.25) is 0 Å². The second-order valence-electron chi connectivity index (χ2n) is 8.10. The van der Waals surface area contributed by atoms with Gasteiger partial charge in [-0.3, -0.25) is 13.7 Å². The molecule has 0 atom stereocenters. The van der Waals surface area contributed by atoms with E-state index in [-0.39, 0.29) is 10.7 Å². The van der Waals surface area contributed by atoms with E-state index in [1.54, 1.807) is 0 Å². The molecule has 0 saturated heterocycles. The van der Waals surface area contributed by atoms with E-state index in [9.17, 15) is 48.4 Å². The van der Waals surface area contributed by atoms with E-state index in [1.807, 2.05) is 0 Å². The molecule has 0 bridgehead atoms. The summed E-state index contributed by atoms with van der Waals surface area (Å²) in [6, 6.07) is 6.76. The quantitative estimate of drug-likeness (QED) is 0.107. The van der Waals surface area contributed by atoms with Crippen molar-refractivity contribution in [3.05, 3.63) is 59.3 Å². The summed E-state index contributed by atoms with van der Waals surface area (Å²) in [5.41, 5.74) is -1.91. The van der Waals surface area contributed by atoms with Crippen LogP contribution in [0.15, 0.2) is 67.4 Å².